The lowest BCUT2D eigenvalue weighted by Gasteiger charge is -2.21. The van der Waals surface area contributed by atoms with E-state index < -0.39 is 0 Å². The summed E-state index contributed by atoms with van der Waals surface area (Å²) in [5, 5.41) is 3.45. The molecule has 106 valence electrons. The topological polar surface area (TPSA) is 56.0 Å². The number of nitrogens with zero attached hydrogens (tertiary/aromatic N) is 2. The molecule has 0 aromatic carbocycles. The Morgan fingerprint density at radius 3 is 2.53 bits per heavy atom. The van der Waals surface area contributed by atoms with E-state index in [2.05, 4.69) is 12.2 Å². The maximum Gasteiger partial charge on any atom is 0.330 e. The minimum absolute atomic E-state index is 0.242. The molecule has 1 heterocycles. The Morgan fingerprint density at radius 2 is 1.89 bits per heavy atom. The van der Waals surface area contributed by atoms with Crippen molar-refractivity contribution in [3.05, 3.63) is 32.6 Å². The lowest BCUT2D eigenvalue weighted by atomic mass is 10.00. The standard InChI is InChI=1S/C14H23N3O2/c1-10(11-6-4-5-7-11)15-9-12-8-13(18)17(3)14(19)16(12)2/h8,10-11,15H,4-7,9H2,1-3H3. The molecule has 1 unspecified atom stereocenters. The third-order valence-corrected chi connectivity index (χ3v) is 4.34. The average molecular weight is 265 g/mol. The molecule has 2 rings (SSSR count). The van der Waals surface area contributed by atoms with E-state index in [9.17, 15) is 9.59 Å². The van der Waals surface area contributed by atoms with Gasteiger partial charge >= 0.3 is 5.69 Å². The fourth-order valence-electron chi connectivity index (χ4n) is 2.84. The summed E-state index contributed by atoms with van der Waals surface area (Å²) in [6.07, 6.45) is 5.20. The van der Waals surface area contributed by atoms with Crippen LogP contribution in [0.5, 0.6) is 0 Å². The first-order valence-electron chi connectivity index (χ1n) is 7.00. The third kappa shape index (κ3) is 2.97. The second-order valence-electron chi connectivity index (χ2n) is 5.59. The van der Waals surface area contributed by atoms with E-state index in [0.29, 0.717) is 12.6 Å². The molecule has 5 heteroatoms. The zero-order valence-electron chi connectivity index (χ0n) is 12.0. The average Bonchev–Trinajstić information content (AvgIpc) is 2.92. The molecule has 1 fully saturated rings. The highest BCUT2D eigenvalue weighted by atomic mass is 16.2. The summed E-state index contributed by atoms with van der Waals surface area (Å²) >= 11 is 0. The first-order valence-corrected chi connectivity index (χ1v) is 7.00. The second kappa shape index (κ2) is 5.74. The normalized spacial score (nSPS) is 17.8. The molecule has 1 atom stereocenters. The molecular weight excluding hydrogens is 242 g/mol. The van der Waals surface area contributed by atoms with Gasteiger partial charge in [0.1, 0.15) is 0 Å². The van der Waals surface area contributed by atoms with Crippen LogP contribution < -0.4 is 16.6 Å². The van der Waals surface area contributed by atoms with E-state index in [1.807, 2.05) is 0 Å². The Labute approximate surface area is 113 Å². The summed E-state index contributed by atoms with van der Waals surface area (Å²) in [5.41, 5.74) is 0.240. The fourth-order valence-corrected chi connectivity index (χ4v) is 2.84. The number of nitrogens with one attached hydrogen (secondary N) is 1. The van der Waals surface area contributed by atoms with Crippen LogP contribution in [-0.2, 0) is 20.6 Å². The van der Waals surface area contributed by atoms with Crippen LogP contribution >= 0.6 is 0 Å². The van der Waals surface area contributed by atoms with Crippen molar-refractivity contribution in [2.24, 2.45) is 20.0 Å². The number of aromatic nitrogens is 2. The monoisotopic (exact) mass is 265 g/mol. The smallest absolute Gasteiger partial charge is 0.308 e. The van der Waals surface area contributed by atoms with E-state index in [1.54, 1.807) is 7.05 Å². The van der Waals surface area contributed by atoms with Gasteiger partial charge in [0.25, 0.3) is 5.56 Å². The van der Waals surface area contributed by atoms with Crippen molar-refractivity contribution in [2.45, 2.75) is 45.2 Å². The zero-order valence-corrected chi connectivity index (χ0v) is 12.0. The summed E-state index contributed by atoms with van der Waals surface area (Å²) in [6.45, 7) is 2.76. The van der Waals surface area contributed by atoms with E-state index in [0.717, 1.165) is 16.2 Å². The summed E-state index contributed by atoms with van der Waals surface area (Å²) in [6, 6.07) is 1.97. The summed E-state index contributed by atoms with van der Waals surface area (Å²) < 4.78 is 2.67. The molecule has 0 aliphatic heterocycles. The van der Waals surface area contributed by atoms with Crippen molar-refractivity contribution in [1.29, 1.82) is 0 Å². The van der Waals surface area contributed by atoms with Crippen LogP contribution in [-0.4, -0.2) is 15.2 Å². The van der Waals surface area contributed by atoms with Gasteiger partial charge in [-0.05, 0) is 25.7 Å². The van der Waals surface area contributed by atoms with E-state index in [1.165, 1.54) is 43.4 Å². The lowest BCUT2D eigenvalue weighted by Crippen LogP contribution is -2.40. The van der Waals surface area contributed by atoms with Gasteiger partial charge in [0.15, 0.2) is 0 Å². The van der Waals surface area contributed by atoms with Crippen molar-refractivity contribution >= 4 is 0 Å². The van der Waals surface area contributed by atoms with E-state index in [4.69, 9.17) is 0 Å². The van der Waals surface area contributed by atoms with Gasteiger partial charge in [-0.15, -0.1) is 0 Å². The third-order valence-electron chi connectivity index (χ3n) is 4.34. The molecular formula is C14H23N3O2. The molecule has 5 nitrogen and oxygen atoms in total. The van der Waals surface area contributed by atoms with E-state index in [-0.39, 0.29) is 11.2 Å². The van der Waals surface area contributed by atoms with Gasteiger partial charge in [-0.2, -0.15) is 0 Å². The quantitative estimate of drug-likeness (QED) is 0.874. The van der Waals surface area contributed by atoms with Gasteiger partial charge in [0, 0.05) is 38.4 Å². The molecule has 0 saturated heterocycles. The van der Waals surface area contributed by atoms with E-state index >= 15 is 0 Å². The number of hydrogen-bond donors (Lipinski definition) is 1. The molecule has 0 spiro atoms. The summed E-state index contributed by atoms with van der Waals surface area (Å²) in [7, 11) is 3.21. The maximum atomic E-state index is 11.8. The van der Waals surface area contributed by atoms with Crippen LogP contribution in [0.2, 0.25) is 0 Å². The van der Waals surface area contributed by atoms with Gasteiger partial charge < -0.3 is 5.32 Å². The molecule has 0 bridgehead atoms. The van der Waals surface area contributed by atoms with Crippen LogP contribution in [0.25, 0.3) is 0 Å². The van der Waals surface area contributed by atoms with Crippen LogP contribution in [0.3, 0.4) is 0 Å². The SMILES string of the molecule is CC(NCc1cc(=O)n(C)c(=O)n1C)C1CCCC1. The fraction of sp³-hybridized carbons (Fsp3) is 0.714. The Kier molecular flexibility index (Phi) is 4.24. The van der Waals surface area contributed by atoms with Crippen LogP contribution in [0.15, 0.2) is 15.7 Å². The van der Waals surface area contributed by atoms with Gasteiger partial charge in [0.05, 0.1) is 0 Å². The largest absolute Gasteiger partial charge is 0.330 e. The van der Waals surface area contributed by atoms with Crippen molar-refractivity contribution in [3.8, 4) is 0 Å². The number of hydrogen-bond acceptors (Lipinski definition) is 3. The van der Waals surface area contributed by atoms with Crippen LogP contribution in [0.4, 0.5) is 0 Å². The van der Waals surface area contributed by atoms with Gasteiger partial charge in [0.2, 0.25) is 0 Å². The predicted octanol–water partition coefficient (Wildman–Crippen LogP) is 0.752. The maximum absolute atomic E-state index is 11.8. The van der Waals surface area contributed by atoms with Gasteiger partial charge in [-0.1, -0.05) is 12.8 Å². The molecule has 0 radical (unpaired) electrons. The summed E-state index contributed by atoms with van der Waals surface area (Å²) in [4.78, 5) is 23.4. The molecule has 1 aliphatic rings. The lowest BCUT2D eigenvalue weighted by molar-refractivity contribution is 0.375. The molecule has 0 amide bonds. The Morgan fingerprint density at radius 1 is 1.26 bits per heavy atom. The van der Waals surface area contributed by atoms with Gasteiger partial charge in [-0.25, -0.2) is 4.79 Å². The van der Waals surface area contributed by atoms with Crippen molar-refractivity contribution in [2.75, 3.05) is 0 Å². The van der Waals surface area contributed by atoms with Crippen molar-refractivity contribution in [1.82, 2.24) is 14.5 Å². The van der Waals surface area contributed by atoms with Crippen molar-refractivity contribution in [3.63, 3.8) is 0 Å². The minimum atomic E-state index is -0.266. The van der Waals surface area contributed by atoms with Crippen molar-refractivity contribution < 1.29 is 0 Å². The Balaban J connectivity index is 2.07. The highest BCUT2D eigenvalue weighted by molar-refractivity contribution is 5.02. The second-order valence-corrected chi connectivity index (χ2v) is 5.59. The molecule has 1 aromatic rings. The summed E-state index contributed by atoms with van der Waals surface area (Å²) in [5.74, 6) is 0.726. The molecule has 1 aliphatic carbocycles. The van der Waals surface area contributed by atoms with Crippen LogP contribution in [0.1, 0.15) is 38.3 Å². The van der Waals surface area contributed by atoms with Crippen LogP contribution in [0, 0.1) is 5.92 Å². The first kappa shape index (κ1) is 14.1. The molecule has 1 saturated carbocycles. The minimum Gasteiger partial charge on any atom is -0.308 e. The molecule has 19 heavy (non-hydrogen) atoms. The molecule has 1 N–H and O–H groups in total. The number of rotatable bonds is 4. The zero-order chi connectivity index (χ0) is 14.0. The highest BCUT2D eigenvalue weighted by Gasteiger charge is 2.21. The first-order chi connectivity index (χ1) is 9.00. The predicted molar refractivity (Wildman–Crippen MR) is 75.2 cm³/mol. The van der Waals surface area contributed by atoms with Gasteiger partial charge in [-0.3, -0.25) is 13.9 Å². The highest BCUT2D eigenvalue weighted by Crippen LogP contribution is 2.27. The Bertz CT molecular complexity index is 553. The molecule has 1 aromatic heterocycles. The Hall–Kier alpha value is -1.36.